The molecule has 0 spiro atoms. The SMILES string of the molecule is CC(C)c1ccc(OC(F)F)c(O)c1.CC(C)c1ccc(OC(F)F)c(OCC2CC2)c1.CC(C)c1ccc(OC2CC2)c(OC2CC2)c1.CC(C)c1ccc2[nH]c(=O)[nH]c2c1.CC(C)c1ccc2c(c1)OCCN2.COc1cc(C(C)C)cc2ccnnc12.COc1cc(C(C)C)cc2nnccc12.COc1cc(C(C)C)ccn1.COc1cc(C(C)C)nc2cccnc12. The summed E-state index contributed by atoms with van der Waals surface area (Å²) in [6.07, 6.45) is 14.8. The molecular weight excluding hydrogens is 1670 g/mol. The average molecular weight is 1800 g/mol. The number of aromatic nitrogens is 9. The molecule has 6 aromatic heterocycles. The minimum absolute atomic E-state index is 0.120. The largest absolute Gasteiger partial charge is 0.504 e. The Morgan fingerprint density at radius 3 is 1.52 bits per heavy atom. The highest BCUT2D eigenvalue weighted by Crippen LogP contribution is 2.41. The molecule has 3 saturated carbocycles. The van der Waals surface area contributed by atoms with Crippen LogP contribution in [0.5, 0.6) is 63.4 Å². The van der Waals surface area contributed by atoms with Crippen molar-refractivity contribution in [3.63, 3.8) is 0 Å². The van der Waals surface area contributed by atoms with Crippen molar-refractivity contribution in [2.75, 3.05) is 53.5 Å². The predicted octanol–water partition coefficient (Wildman–Crippen LogP) is 26.3. The van der Waals surface area contributed by atoms with Crippen LogP contribution in [0.4, 0.5) is 23.2 Å². The van der Waals surface area contributed by atoms with Gasteiger partial charge in [0.15, 0.2) is 34.5 Å². The maximum absolute atomic E-state index is 12.3. The minimum Gasteiger partial charge on any atom is -0.504 e. The number of hydrogen-bond acceptors (Lipinski definition) is 20. The van der Waals surface area contributed by atoms with Gasteiger partial charge in [0.1, 0.15) is 40.6 Å². The standard InChI is InChI=1S/C15H20O2.C14H18F2O2.3C12H14N2O.C11H15NO.C10H12F2O2.C10H12N2O.C9H13NO/c1-10(2)11-3-8-14(16-12-4-5-12)15(9-11)17-13-6-7-13;1-9(2)11-5-6-12(18-14(15)16)13(7-11)17-8-10-3-4-10;1-8(2)9-6-11-10(4-5-13-14-11)12(7-9)15-3;1-8(2)10-6-9-4-5-13-14-12(9)11(7-10)15-3;1-8(2)10-7-11(15-3)12-9(14-10)5-4-6-13-12;1-8(2)9-3-4-10-11(7-9)13-6-5-12-10;1-6(2)7-3-4-9(8(13)5-7)14-10(11)12;1-6(2)7-3-4-8-9(5-7)12-10(13)11-8;1-7(2)8-4-5-10-9(6-8)11-3/h3,8-10,12-13H,4-7H2,1-2H3;5-7,9-10,14H,3-4,8H2,1-2H3;3*4-8H,1-3H3;3-4,7-8,12H,5-6H2,1-2H3;3-6,10,13H,1-2H3;3-6H,1-2H3,(H2,11,12,13);4-7H,1-3H3. The zero-order valence-corrected chi connectivity index (χ0v) is 79.8. The number of imidazole rings is 1. The molecule has 0 amide bonds. The summed E-state index contributed by atoms with van der Waals surface area (Å²) < 4.78 is 101. The molecule has 4 aliphatic rings. The number of halogens is 4. The van der Waals surface area contributed by atoms with Crippen LogP contribution in [0, 0.1) is 5.92 Å². The van der Waals surface area contributed by atoms with Crippen molar-refractivity contribution in [2.45, 2.75) is 242 Å². The number of nitrogens with one attached hydrogen (secondary N) is 3. The zero-order valence-electron chi connectivity index (χ0n) is 79.8. The summed E-state index contributed by atoms with van der Waals surface area (Å²) in [5.74, 6) is 10.7. The minimum atomic E-state index is -2.91. The van der Waals surface area contributed by atoms with Crippen molar-refractivity contribution in [1.82, 2.24) is 45.3 Å². The van der Waals surface area contributed by atoms with E-state index in [1.165, 1.54) is 71.2 Å². The van der Waals surface area contributed by atoms with E-state index in [0.717, 1.165) is 127 Å². The van der Waals surface area contributed by atoms with Gasteiger partial charge in [-0.15, -0.1) is 5.10 Å². The fraction of sp³-hybridized carbons (Fsp3) is 0.429. The molecule has 1 aliphatic heterocycles. The van der Waals surface area contributed by atoms with Crippen LogP contribution in [0.2, 0.25) is 0 Å². The molecule has 0 radical (unpaired) electrons. The number of methoxy groups -OCH3 is 4. The van der Waals surface area contributed by atoms with Gasteiger partial charge in [-0.2, -0.15) is 32.9 Å². The quantitative estimate of drug-likeness (QED) is 0.0410. The number of hydrogen-bond donors (Lipinski definition) is 4. The Morgan fingerprint density at radius 2 is 0.931 bits per heavy atom. The molecule has 7 aromatic carbocycles. The molecular formula is C105H132F4N10O12. The van der Waals surface area contributed by atoms with Crippen LogP contribution in [-0.2, 0) is 0 Å². The molecule has 4 N–H and O–H groups in total. The Kier molecular flexibility index (Phi) is 39.1. The Hall–Kier alpha value is -12.5. The first-order valence-electron chi connectivity index (χ1n) is 45.2. The summed E-state index contributed by atoms with van der Waals surface area (Å²) in [6.45, 7) is 34.7. The molecule has 0 atom stereocenters. The Morgan fingerprint density at radius 1 is 0.420 bits per heavy atom. The van der Waals surface area contributed by atoms with E-state index >= 15 is 0 Å². The number of aromatic hydroxyl groups is 1. The number of fused-ring (bicyclic) bond motifs is 5. The monoisotopic (exact) mass is 1800 g/mol. The zero-order chi connectivity index (χ0) is 95.1. The molecule has 0 saturated heterocycles. The summed E-state index contributed by atoms with van der Waals surface area (Å²) in [7, 11) is 6.63. The van der Waals surface area contributed by atoms with Crippen LogP contribution in [-0.4, -0.2) is 124 Å². The van der Waals surface area contributed by atoms with Gasteiger partial charge in [0, 0.05) is 47.5 Å². The van der Waals surface area contributed by atoms with Gasteiger partial charge in [0.05, 0.1) is 87.4 Å². The Bertz CT molecular complexity index is 5580. The first-order valence-corrected chi connectivity index (χ1v) is 45.2. The Balaban J connectivity index is 0.000000166. The third-order valence-corrected chi connectivity index (χ3v) is 21.7. The number of rotatable bonds is 24. The number of ether oxygens (including phenoxy) is 10. The molecule has 7 heterocycles. The number of aromatic amines is 2. The van der Waals surface area contributed by atoms with Gasteiger partial charge in [0.25, 0.3) is 0 Å². The molecule has 3 aliphatic carbocycles. The lowest BCUT2D eigenvalue weighted by atomic mass is 10.0. The predicted molar refractivity (Wildman–Crippen MR) is 515 cm³/mol. The van der Waals surface area contributed by atoms with Crippen LogP contribution in [0.1, 0.15) is 267 Å². The maximum Gasteiger partial charge on any atom is 0.387 e. The number of phenolic OH excluding ortho intramolecular Hbond substituents is 1. The molecule has 131 heavy (non-hydrogen) atoms. The number of pyridine rings is 3. The summed E-state index contributed by atoms with van der Waals surface area (Å²) in [5.41, 5.74) is 16.8. The van der Waals surface area contributed by atoms with E-state index in [0.29, 0.717) is 83.7 Å². The number of nitrogens with zero attached hydrogens (tertiary/aromatic N) is 7. The lowest BCUT2D eigenvalue weighted by Gasteiger charge is -2.20. The molecule has 22 nitrogen and oxygen atoms in total. The van der Waals surface area contributed by atoms with E-state index in [1.54, 1.807) is 77.5 Å². The van der Waals surface area contributed by atoms with Crippen LogP contribution in [0.25, 0.3) is 43.9 Å². The fourth-order valence-corrected chi connectivity index (χ4v) is 13.1. The van der Waals surface area contributed by atoms with E-state index in [2.05, 4.69) is 212 Å². The van der Waals surface area contributed by atoms with Gasteiger partial charge in [-0.05, 0) is 257 Å². The lowest BCUT2D eigenvalue weighted by molar-refractivity contribution is -0.0520. The van der Waals surface area contributed by atoms with Crippen molar-refractivity contribution in [3.05, 3.63) is 243 Å². The van der Waals surface area contributed by atoms with Gasteiger partial charge in [-0.25, -0.2) is 9.78 Å². The number of benzene rings is 7. The summed E-state index contributed by atoms with van der Waals surface area (Å²) in [4.78, 5) is 29.2. The number of H-pyrrole nitrogens is 2. The third kappa shape index (κ3) is 32.3. The highest BCUT2D eigenvalue weighted by molar-refractivity contribution is 5.86. The molecule has 0 unspecified atom stereocenters. The van der Waals surface area contributed by atoms with Crippen molar-refractivity contribution < 1.29 is 70.0 Å². The van der Waals surface area contributed by atoms with Gasteiger partial charge >= 0.3 is 18.9 Å². The fourth-order valence-electron chi connectivity index (χ4n) is 13.1. The number of anilines is 1. The summed E-state index contributed by atoms with van der Waals surface area (Å²) in [5, 5.41) is 30.7. The smallest absolute Gasteiger partial charge is 0.387 e. The molecule has 3 fully saturated rings. The first kappa shape index (κ1) is 102. The topological polar surface area (TPSA) is 263 Å². The molecule has 26 heteroatoms. The first-order chi connectivity index (χ1) is 62.6. The second kappa shape index (κ2) is 50.1. The molecule has 702 valence electrons. The van der Waals surface area contributed by atoms with E-state index in [-0.39, 0.29) is 28.9 Å². The van der Waals surface area contributed by atoms with Crippen LogP contribution in [0.3, 0.4) is 0 Å². The molecule has 13 aromatic rings. The molecule has 17 rings (SSSR count). The van der Waals surface area contributed by atoms with Gasteiger partial charge < -0.3 is 67.8 Å². The average Bonchev–Trinajstić information content (AvgIpc) is 1.67. The van der Waals surface area contributed by atoms with Gasteiger partial charge in [-0.1, -0.05) is 155 Å². The van der Waals surface area contributed by atoms with E-state index in [4.69, 9.17) is 37.9 Å². The Labute approximate surface area is 768 Å². The number of alkyl halides is 4. The van der Waals surface area contributed by atoms with Gasteiger partial charge in [0.2, 0.25) is 5.88 Å². The van der Waals surface area contributed by atoms with E-state index in [9.17, 15) is 27.5 Å². The van der Waals surface area contributed by atoms with Crippen LogP contribution < -0.4 is 58.4 Å². The molecule has 0 bridgehead atoms. The summed E-state index contributed by atoms with van der Waals surface area (Å²) in [6, 6.07) is 50.3. The van der Waals surface area contributed by atoms with Crippen molar-refractivity contribution in [1.29, 1.82) is 0 Å². The number of phenols is 1. The van der Waals surface area contributed by atoms with Crippen molar-refractivity contribution in [2.24, 2.45) is 5.92 Å². The second-order valence-electron chi connectivity index (χ2n) is 35.2. The summed E-state index contributed by atoms with van der Waals surface area (Å²) >= 11 is 0. The van der Waals surface area contributed by atoms with Crippen molar-refractivity contribution >= 4 is 49.6 Å². The third-order valence-electron chi connectivity index (χ3n) is 21.7. The highest BCUT2D eigenvalue weighted by Gasteiger charge is 2.29. The normalized spacial score (nSPS) is 13.0. The highest BCUT2D eigenvalue weighted by atomic mass is 19.3. The van der Waals surface area contributed by atoms with E-state index < -0.39 is 13.2 Å². The lowest BCUT2D eigenvalue weighted by Crippen LogP contribution is -2.18. The van der Waals surface area contributed by atoms with Gasteiger partial charge in [-0.3, -0.25) is 9.97 Å². The maximum atomic E-state index is 12.3. The second-order valence-corrected chi connectivity index (χ2v) is 35.2. The van der Waals surface area contributed by atoms with Crippen LogP contribution in [0.15, 0.2) is 187 Å². The van der Waals surface area contributed by atoms with Crippen molar-refractivity contribution in [3.8, 4) is 63.4 Å². The van der Waals surface area contributed by atoms with E-state index in [1.807, 2.05) is 94.4 Å². The van der Waals surface area contributed by atoms with Crippen LogP contribution >= 0.6 is 0 Å².